The fraction of sp³-hybridized carbons (Fsp3) is 0.308. The summed E-state index contributed by atoms with van der Waals surface area (Å²) in [5, 5.41) is 0.718. The number of carbonyl (C=O) groups excluding carboxylic acids is 1. The number of ether oxygens (including phenoxy) is 1. The molecule has 1 aromatic carbocycles. The largest absolute Gasteiger partial charge is 0.461 e. The number of halogens is 1. The Kier molecular flexibility index (Phi) is 5.06. The van der Waals surface area contributed by atoms with Gasteiger partial charge >= 0.3 is 5.97 Å². The summed E-state index contributed by atoms with van der Waals surface area (Å²) in [6.45, 7) is 3.80. The Balaban J connectivity index is 2.71. The standard InChI is InChI=1S/C13H15ClO2/c1-3-11(9-16-10(2)15)8-12-4-6-13(14)7-5-12/h4-8H,3,9H2,1-2H3/b11-8+. The van der Waals surface area contributed by atoms with Crippen LogP contribution in [0, 0.1) is 0 Å². The molecule has 0 radical (unpaired) electrons. The molecule has 0 bridgehead atoms. The molecule has 0 fully saturated rings. The smallest absolute Gasteiger partial charge is 0.302 e. The third-order valence-electron chi connectivity index (χ3n) is 2.16. The molecule has 16 heavy (non-hydrogen) atoms. The summed E-state index contributed by atoms with van der Waals surface area (Å²) in [5.74, 6) is -0.254. The summed E-state index contributed by atoms with van der Waals surface area (Å²) in [6.07, 6.45) is 2.87. The van der Waals surface area contributed by atoms with E-state index in [1.807, 2.05) is 37.3 Å². The van der Waals surface area contributed by atoms with Gasteiger partial charge < -0.3 is 4.74 Å². The summed E-state index contributed by atoms with van der Waals surface area (Å²) < 4.78 is 4.96. The van der Waals surface area contributed by atoms with Crippen molar-refractivity contribution in [2.75, 3.05) is 6.61 Å². The van der Waals surface area contributed by atoms with Gasteiger partial charge in [-0.15, -0.1) is 0 Å². The molecule has 0 saturated heterocycles. The highest BCUT2D eigenvalue weighted by molar-refractivity contribution is 6.30. The molecule has 0 aliphatic carbocycles. The molecule has 1 aromatic rings. The molecule has 0 unspecified atom stereocenters. The van der Waals surface area contributed by atoms with E-state index in [9.17, 15) is 4.79 Å². The molecule has 0 aliphatic heterocycles. The highest BCUT2D eigenvalue weighted by atomic mass is 35.5. The molecule has 0 saturated carbocycles. The zero-order valence-corrected chi connectivity index (χ0v) is 10.3. The van der Waals surface area contributed by atoms with Crippen molar-refractivity contribution in [1.29, 1.82) is 0 Å². The van der Waals surface area contributed by atoms with Crippen LogP contribution >= 0.6 is 11.6 Å². The van der Waals surface area contributed by atoms with Crippen LogP contribution in [-0.4, -0.2) is 12.6 Å². The van der Waals surface area contributed by atoms with Crippen LogP contribution in [0.2, 0.25) is 5.02 Å². The van der Waals surface area contributed by atoms with Gasteiger partial charge in [0.25, 0.3) is 0 Å². The molecular weight excluding hydrogens is 224 g/mol. The number of rotatable bonds is 4. The third kappa shape index (κ3) is 4.49. The van der Waals surface area contributed by atoms with Gasteiger partial charge in [0, 0.05) is 11.9 Å². The van der Waals surface area contributed by atoms with E-state index in [-0.39, 0.29) is 5.97 Å². The van der Waals surface area contributed by atoms with Gasteiger partial charge in [0.1, 0.15) is 6.61 Å². The maximum Gasteiger partial charge on any atom is 0.302 e. The van der Waals surface area contributed by atoms with Crippen LogP contribution < -0.4 is 0 Å². The van der Waals surface area contributed by atoms with Gasteiger partial charge in [-0.3, -0.25) is 4.79 Å². The van der Waals surface area contributed by atoms with E-state index >= 15 is 0 Å². The van der Waals surface area contributed by atoms with Crippen LogP contribution in [0.5, 0.6) is 0 Å². The highest BCUT2D eigenvalue weighted by Crippen LogP contribution is 2.14. The van der Waals surface area contributed by atoms with Crippen molar-refractivity contribution >= 4 is 23.6 Å². The Morgan fingerprint density at radius 2 is 2.00 bits per heavy atom. The van der Waals surface area contributed by atoms with E-state index in [0.29, 0.717) is 6.61 Å². The Hall–Kier alpha value is -1.28. The molecule has 0 spiro atoms. The second kappa shape index (κ2) is 6.33. The molecule has 0 amide bonds. The van der Waals surface area contributed by atoms with Crippen LogP contribution in [0.4, 0.5) is 0 Å². The molecule has 0 aliphatic rings. The molecule has 0 aromatic heterocycles. The van der Waals surface area contributed by atoms with Gasteiger partial charge in [-0.1, -0.05) is 36.7 Å². The maximum absolute atomic E-state index is 10.7. The van der Waals surface area contributed by atoms with E-state index in [4.69, 9.17) is 16.3 Å². The summed E-state index contributed by atoms with van der Waals surface area (Å²) in [4.78, 5) is 10.7. The van der Waals surface area contributed by atoms with Crippen molar-refractivity contribution in [3.63, 3.8) is 0 Å². The van der Waals surface area contributed by atoms with Gasteiger partial charge in [-0.25, -0.2) is 0 Å². The van der Waals surface area contributed by atoms with Crippen LogP contribution in [0.25, 0.3) is 6.08 Å². The molecule has 0 heterocycles. The molecule has 2 nitrogen and oxygen atoms in total. The molecule has 0 N–H and O–H groups in total. The predicted octanol–water partition coefficient (Wildman–Crippen LogP) is 3.70. The van der Waals surface area contributed by atoms with Gasteiger partial charge in [-0.05, 0) is 29.7 Å². The minimum absolute atomic E-state index is 0.254. The van der Waals surface area contributed by atoms with E-state index < -0.39 is 0 Å². The summed E-state index contributed by atoms with van der Waals surface area (Å²) in [7, 11) is 0. The number of benzene rings is 1. The lowest BCUT2D eigenvalue weighted by Gasteiger charge is -2.05. The number of hydrogen-bond donors (Lipinski definition) is 0. The lowest BCUT2D eigenvalue weighted by molar-refractivity contribution is -0.139. The van der Waals surface area contributed by atoms with E-state index in [2.05, 4.69) is 0 Å². The Labute approximate surface area is 101 Å². The molecule has 1 rings (SSSR count). The van der Waals surface area contributed by atoms with E-state index in [0.717, 1.165) is 22.6 Å². The van der Waals surface area contributed by atoms with Crippen molar-refractivity contribution in [2.24, 2.45) is 0 Å². The van der Waals surface area contributed by atoms with Crippen molar-refractivity contribution < 1.29 is 9.53 Å². The van der Waals surface area contributed by atoms with Gasteiger partial charge in [0.15, 0.2) is 0 Å². The molecule has 3 heteroatoms. The van der Waals surface area contributed by atoms with E-state index in [1.54, 1.807) is 0 Å². The van der Waals surface area contributed by atoms with E-state index in [1.165, 1.54) is 6.92 Å². The maximum atomic E-state index is 10.7. The zero-order valence-electron chi connectivity index (χ0n) is 9.50. The third-order valence-corrected chi connectivity index (χ3v) is 2.41. The monoisotopic (exact) mass is 238 g/mol. The van der Waals surface area contributed by atoms with Crippen molar-refractivity contribution in [3.05, 3.63) is 40.4 Å². The second-order valence-electron chi connectivity index (χ2n) is 3.49. The Morgan fingerprint density at radius 3 is 2.50 bits per heavy atom. The van der Waals surface area contributed by atoms with Crippen molar-refractivity contribution in [2.45, 2.75) is 20.3 Å². The number of hydrogen-bond acceptors (Lipinski definition) is 2. The van der Waals surface area contributed by atoms with Gasteiger partial charge in [0.05, 0.1) is 0 Å². The van der Waals surface area contributed by atoms with Crippen LogP contribution in [0.1, 0.15) is 25.8 Å². The molecule has 86 valence electrons. The average molecular weight is 239 g/mol. The predicted molar refractivity (Wildman–Crippen MR) is 66.4 cm³/mol. The number of esters is 1. The van der Waals surface area contributed by atoms with Crippen molar-refractivity contribution in [3.8, 4) is 0 Å². The van der Waals surface area contributed by atoms with Crippen LogP contribution in [-0.2, 0) is 9.53 Å². The minimum Gasteiger partial charge on any atom is -0.461 e. The first-order valence-corrected chi connectivity index (χ1v) is 5.58. The van der Waals surface area contributed by atoms with Gasteiger partial charge in [-0.2, -0.15) is 0 Å². The number of carbonyl (C=O) groups is 1. The lowest BCUT2D eigenvalue weighted by atomic mass is 10.1. The quantitative estimate of drug-likeness (QED) is 0.748. The molecular formula is C13H15ClO2. The summed E-state index contributed by atoms with van der Waals surface area (Å²) in [6, 6.07) is 7.55. The fourth-order valence-electron chi connectivity index (χ4n) is 1.23. The Morgan fingerprint density at radius 1 is 1.38 bits per heavy atom. The first kappa shape index (κ1) is 12.8. The topological polar surface area (TPSA) is 26.3 Å². The summed E-state index contributed by atoms with van der Waals surface area (Å²) in [5.41, 5.74) is 2.14. The Bertz CT molecular complexity index is 379. The normalized spacial score (nSPS) is 11.3. The lowest BCUT2D eigenvalue weighted by Crippen LogP contribution is -2.02. The highest BCUT2D eigenvalue weighted by Gasteiger charge is 1.98. The first-order chi connectivity index (χ1) is 7.61. The first-order valence-electron chi connectivity index (χ1n) is 5.20. The van der Waals surface area contributed by atoms with Crippen molar-refractivity contribution in [1.82, 2.24) is 0 Å². The molecule has 0 atom stereocenters. The average Bonchev–Trinajstić information content (AvgIpc) is 2.26. The zero-order chi connectivity index (χ0) is 12.0. The fourth-order valence-corrected chi connectivity index (χ4v) is 1.36. The van der Waals surface area contributed by atoms with Gasteiger partial charge in [0.2, 0.25) is 0 Å². The van der Waals surface area contributed by atoms with Crippen LogP contribution in [0.3, 0.4) is 0 Å². The van der Waals surface area contributed by atoms with Crippen LogP contribution in [0.15, 0.2) is 29.8 Å². The minimum atomic E-state index is -0.254. The second-order valence-corrected chi connectivity index (χ2v) is 3.92. The summed E-state index contributed by atoms with van der Waals surface area (Å²) >= 11 is 5.79. The SMILES string of the molecule is CC/C(=C\c1ccc(Cl)cc1)COC(C)=O.